The molecule has 0 aliphatic heterocycles. The second-order valence-electron chi connectivity index (χ2n) is 4.74. The van der Waals surface area contributed by atoms with Crippen LogP contribution in [-0.2, 0) is 0 Å². The van der Waals surface area contributed by atoms with E-state index in [4.69, 9.17) is 4.74 Å². The zero-order valence-electron chi connectivity index (χ0n) is 11.6. The Bertz CT molecular complexity index is 887. The van der Waals surface area contributed by atoms with Gasteiger partial charge in [0.25, 0.3) is 5.56 Å². The summed E-state index contributed by atoms with van der Waals surface area (Å²) < 4.78 is 18.8. The fraction of sp³-hybridized carbons (Fsp3) is 0.125. The van der Waals surface area contributed by atoms with E-state index in [-0.39, 0.29) is 11.3 Å². The fourth-order valence-corrected chi connectivity index (χ4v) is 2.31. The Hall–Kier alpha value is -2.69. The van der Waals surface area contributed by atoms with Gasteiger partial charge in [-0.3, -0.25) is 4.79 Å². The third kappa shape index (κ3) is 2.27. The molecule has 0 radical (unpaired) electrons. The minimum Gasteiger partial charge on any atom is -0.494 e. The number of ether oxygens (including phenoxy) is 1. The summed E-state index contributed by atoms with van der Waals surface area (Å²) in [5.41, 5.74) is 2.26. The summed E-state index contributed by atoms with van der Waals surface area (Å²) >= 11 is 0. The highest BCUT2D eigenvalue weighted by Gasteiger charge is 2.11. The Balaban J connectivity index is 2.30. The third-order valence-corrected chi connectivity index (χ3v) is 3.38. The number of nitrogens with zero attached hydrogens (tertiary/aromatic N) is 1. The molecular weight excluding hydrogens is 271 g/mol. The topological polar surface area (TPSA) is 55.0 Å². The van der Waals surface area contributed by atoms with Crippen molar-refractivity contribution in [2.45, 2.75) is 6.92 Å². The lowest BCUT2D eigenvalue weighted by molar-refractivity contribution is 0.387. The lowest BCUT2D eigenvalue weighted by atomic mass is 10.1. The van der Waals surface area contributed by atoms with E-state index in [0.29, 0.717) is 22.2 Å². The van der Waals surface area contributed by atoms with Crippen LogP contribution in [0.2, 0.25) is 0 Å². The van der Waals surface area contributed by atoms with Crippen molar-refractivity contribution in [2.24, 2.45) is 0 Å². The average molecular weight is 284 g/mol. The highest BCUT2D eigenvalue weighted by molar-refractivity contribution is 5.86. The average Bonchev–Trinajstić information content (AvgIpc) is 2.48. The normalized spacial score (nSPS) is 10.8. The molecule has 3 rings (SSSR count). The number of methoxy groups -OCH3 is 1. The molecule has 106 valence electrons. The Morgan fingerprint density at radius 3 is 2.81 bits per heavy atom. The lowest BCUT2D eigenvalue weighted by Gasteiger charge is -2.08. The van der Waals surface area contributed by atoms with E-state index in [2.05, 4.69) is 9.97 Å². The Morgan fingerprint density at radius 2 is 2.10 bits per heavy atom. The Labute approximate surface area is 120 Å². The van der Waals surface area contributed by atoms with Gasteiger partial charge in [-0.1, -0.05) is 0 Å². The number of pyridine rings is 2. The molecular formula is C16H13FN2O2. The Morgan fingerprint density at radius 1 is 1.29 bits per heavy atom. The van der Waals surface area contributed by atoms with Crippen molar-refractivity contribution < 1.29 is 9.13 Å². The highest BCUT2D eigenvalue weighted by Crippen LogP contribution is 2.28. The van der Waals surface area contributed by atoms with E-state index in [1.807, 2.05) is 6.92 Å². The zero-order chi connectivity index (χ0) is 15.0. The van der Waals surface area contributed by atoms with Crippen molar-refractivity contribution in [3.63, 3.8) is 0 Å². The van der Waals surface area contributed by atoms with Crippen molar-refractivity contribution in [1.82, 2.24) is 9.97 Å². The summed E-state index contributed by atoms with van der Waals surface area (Å²) in [5.74, 6) is -0.297. The van der Waals surface area contributed by atoms with Crippen LogP contribution in [0.25, 0.3) is 22.2 Å². The number of aryl methyl sites for hydroxylation is 1. The zero-order valence-corrected chi connectivity index (χ0v) is 11.6. The smallest absolute Gasteiger partial charge is 0.257 e. The van der Waals surface area contributed by atoms with Gasteiger partial charge in [-0.15, -0.1) is 0 Å². The number of rotatable bonds is 2. The molecule has 4 nitrogen and oxygen atoms in total. The summed E-state index contributed by atoms with van der Waals surface area (Å²) in [6, 6.07) is 8.16. The number of aromatic nitrogens is 2. The van der Waals surface area contributed by atoms with E-state index in [1.54, 1.807) is 24.4 Å². The molecule has 0 aliphatic rings. The van der Waals surface area contributed by atoms with Gasteiger partial charge in [-0.05, 0) is 36.8 Å². The first-order valence-electron chi connectivity index (χ1n) is 6.43. The third-order valence-electron chi connectivity index (χ3n) is 3.38. The summed E-state index contributed by atoms with van der Waals surface area (Å²) in [5, 5.41) is 0.699. The lowest BCUT2D eigenvalue weighted by Crippen LogP contribution is -2.08. The van der Waals surface area contributed by atoms with Gasteiger partial charge in [-0.25, -0.2) is 9.37 Å². The van der Waals surface area contributed by atoms with Crippen molar-refractivity contribution in [1.29, 1.82) is 0 Å². The van der Waals surface area contributed by atoms with Crippen LogP contribution in [0.15, 0.2) is 41.3 Å². The molecule has 0 atom stereocenters. The molecule has 0 unspecified atom stereocenters. The summed E-state index contributed by atoms with van der Waals surface area (Å²) in [6.07, 6.45) is 1.57. The van der Waals surface area contributed by atoms with E-state index in [9.17, 15) is 9.18 Å². The van der Waals surface area contributed by atoms with Crippen LogP contribution in [0, 0.1) is 12.7 Å². The van der Waals surface area contributed by atoms with Crippen LogP contribution in [-0.4, -0.2) is 17.1 Å². The molecule has 0 saturated heterocycles. The predicted octanol–water partition coefficient (Wildman–Crippen LogP) is 3.05. The van der Waals surface area contributed by atoms with Crippen molar-refractivity contribution in [3.8, 4) is 17.0 Å². The van der Waals surface area contributed by atoms with Gasteiger partial charge < -0.3 is 9.72 Å². The van der Waals surface area contributed by atoms with Gasteiger partial charge in [0.2, 0.25) is 0 Å². The van der Waals surface area contributed by atoms with Gasteiger partial charge >= 0.3 is 0 Å². The molecule has 0 aliphatic carbocycles. The molecule has 1 aromatic carbocycles. The molecule has 0 saturated carbocycles. The number of hydrogen-bond acceptors (Lipinski definition) is 3. The summed E-state index contributed by atoms with van der Waals surface area (Å²) in [4.78, 5) is 18.9. The maximum Gasteiger partial charge on any atom is 0.257 e. The molecule has 2 aromatic heterocycles. The molecule has 0 bridgehead atoms. The first kappa shape index (κ1) is 13.3. The van der Waals surface area contributed by atoms with E-state index in [0.717, 1.165) is 5.56 Å². The van der Waals surface area contributed by atoms with Crippen LogP contribution < -0.4 is 10.3 Å². The van der Waals surface area contributed by atoms with Gasteiger partial charge in [0.15, 0.2) is 11.6 Å². The van der Waals surface area contributed by atoms with Crippen LogP contribution >= 0.6 is 0 Å². The number of halogens is 1. The highest BCUT2D eigenvalue weighted by atomic mass is 19.1. The second-order valence-corrected chi connectivity index (χ2v) is 4.74. The number of benzene rings is 1. The molecule has 0 fully saturated rings. The minimum atomic E-state index is -0.430. The molecule has 5 heteroatoms. The van der Waals surface area contributed by atoms with E-state index < -0.39 is 5.82 Å². The molecule has 0 amide bonds. The molecule has 2 heterocycles. The minimum absolute atomic E-state index is 0.133. The maximum atomic E-state index is 13.8. The van der Waals surface area contributed by atoms with Crippen LogP contribution in [0.3, 0.4) is 0 Å². The standard InChI is InChI=1S/C16H13FN2O2/c1-9-6-13(10-4-3-5-18-16(10)20)19-14-8-15(21-2)12(17)7-11(9)14/h3-8H,1-2H3,(H,18,20). The van der Waals surface area contributed by atoms with Crippen LogP contribution in [0.5, 0.6) is 5.75 Å². The summed E-state index contributed by atoms with van der Waals surface area (Å²) in [6.45, 7) is 1.86. The van der Waals surface area contributed by atoms with Gasteiger partial charge in [-0.2, -0.15) is 0 Å². The molecule has 21 heavy (non-hydrogen) atoms. The molecule has 0 spiro atoms. The van der Waals surface area contributed by atoms with Gasteiger partial charge in [0.05, 0.1) is 23.9 Å². The van der Waals surface area contributed by atoms with Crippen molar-refractivity contribution in [2.75, 3.05) is 7.11 Å². The number of H-pyrrole nitrogens is 1. The predicted molar refractivity (Wildman–Crippen MR) is 79.0 cm³/mol. The number of nitrogens with one attached hydrogen (secondary N) is 1. The molecule has 1 N–H and O–H groups in total. The van der Waals surface area contributed by atoms with Gasteiger partial charge in [0.1, 0.15) is 0 Å². The first-order chi connectivity index (χ1) is 10.1. The van der Waals surface area contributed by atoms with Crippen LogP contribution in [0.4, 0.5) is 4.39 Å². The number of aromatic amines is 1. The van der Waals surface area contributed by atoms with E-state index >= 15 is 0 Å². The van der Waals surface area contributed by atoms with Crippen molar-refractivity contribution >= 4 is 10.9 Å². The second kappa shape index (κ2) is 5.01. The largest absolute Gasteiger partial charge is 0.494 e. The quantitative estimate of drug-likeness (QED) is 0.787. The van der Waals surface area contributed by atoms with Crippen LogP contribution in [0.1, 0.15) is 5.56 Å². The van der Waals surface area contributed by atoms with Gasteiger partial charge in [0, 0.05) is 17.6 Å². The fourth-order valence-electron chi connectivity index (χ4n) is 2.31. The monoisotopic (exact) mass is 284 g/mol. The molecule has 3 aromatic rings. The first-order valence-corrected chi connectivity index (χ1v) is 6.43. The maximum absolute atomic E-state index is 13.8. The SMILES string of the molecule is COc1cc2nc(-c3ccc[nH]c3=O)cc(C)c2cc1F. The van der Waals surface area contributed by atoms with E-state index in [1.165, 1.54) is 19.2 Å². The number of fused-ring (bicyclic) bond motifs is 1. The summed E-state index contributed by atoms with van der Waals surface area (Å²) in [7, 11) is 1.41. The van der Waals surface area contributed by atoms with Crippen molar-refractivity contribution in [3.05, 3.63) is 58.3 Å². The Kier molecular flexibility index (Phi) is 3.17. The number of hydrogen-bond donors (Lipinski definition) is 1.